The van der Waals surface area contributed by atoms with Crippen LogP contribution in [0.4, 0.5) is 0 Å². The lowest BCUT2D eigenvalue weighted by Crippen LogP contribution is -2.30. The van der Waals surface area contributed by atoms with Crippen LogP contribution in [0.1, 0.15) is 88.3 Å². The zero-order chi connectivity index (χ0) is 45.7. The van der Waals surface area contributed by atoms with E-state index in [1.807, 2.05) is 24.3 Å². The van der Waals surface area contributed by atoms with Gasteiger partial charge in [-0.2, -0.15) is 0 Å². The van der Waals surface area contributed by atoms with Gasteiger partial charge in [0, 0.05) is 5.41 Å². The monoisotopic (exact) mass is 845 g/mol. The molecule has 324 valence electrons. The van der Waals surface area contributed by atoms with Crippen molar-refractivity contribution >= 4 is 11.6 Å². The molecule has 2 atom stereocenters. The van der Waals surface area contributed by atoms with Crippen LogP contribution in [-0.4, -0.2) is 0 Å². The molecule has 5 aromatic rings. The van der Waals surface area contributed by atoms with Gasteiger partial charge in [-0.1, -0.05) is 241 Å². The molecule has 0 N–H and O–H groups in total. The molecule has 0 radical (unpaired) electrons. The van der Waals surface area contributed by atoms with E-state index in [-0.39, 0.29) is 5.41 Å². The Bertz CT molecular complexity index is 2930. The molecular weight excluding hydrogens is 781 g/mol. The van der Waals surface area contributed by atoms with Crippen molar-refractivity contribution in [3.8, 4) is 22.3 Å². The fourth-order valence-electron chi connectivity index (χ4n) is 10.8. The van der Waals surface area contributed by atoms with Gasteiger partial charge >= 0.3 is 0 Å². The SMILES string of the molecule is C=CC(/C=C\C=C(/C=C/C)c1cccc(-c2ccc3c(c2)C2(C(=C\C(C)C)/C=C\C=C/c4ccccc42)c2ccccc2-3)c1)=C\C1=C(C)C2=C(C(C)CC=C2)C1(C)C.Cc1ccccc1. The lowest BCUT2D eigenvalue weighted by atomic mass is 9.64. The molecule has 0 saturated carbocycles. The minimum Gasteiger partial charge on any atom is -0.0985 e. The Hall–Kier alpha value is -6.76. The summed E-state index contributed by atoms with van der Waals surface area (Å²) in [5.74, 6) is 0.938. The van der Waals surface area contributed by atoms with Gasteiger partial charge in [-0.15, -0.1) is 0 Å². The molecule has 0 fully saturated rings. The van der Waals surface area contributed by atoms with Crippen LogP contribution >= 0.6 is 0 Å². The van der Waals surface area contributed by atoms with E-state index in [0.717, 1.165) is 17.6 Å². The molecular formula is C65H64. The number of hydrogen-bond acceptors (Lipinski definition) is 0. The first kappa shape index (κ1) is 44.8. The number of aryl methyl sites for hydroxylation is 1. The topological polar surface area (TPSA) is 0 Å². The predicted octanol–water partition coefficient (Wildman–Crippen LogP) is 17.7. The maximum Gasteiger partial charge on any atom is 0.0716 e. The Morgan fingerprint density at radius 3 is 2.15 bits per heavy atom. The van der Waals surface area contributed by atoms with E-state index in [2.05, 4.69) is 244 Å². The van der Waals surface area contributed by atoms with Crippen LogP contribution in [0, 0.1) is 24.2 Å². The van der Waals surface area contributed by atoms with Gasteiger partial charge in [-0.25, -0.2) is 0 Å². The van der Waals surface area contributed by atoms with E-state index in [9.17, 15) is 0 Å². The molecule has 1 spiro atoms. The largest absolute Gasteiger partial charge is 0.0985 e. The quantitative estimate of drug-likeness (QED) is 0.137. The van der Waals surface area contributed by atoms with E-state index in [1.54, 1.807) is 5.57 Å². The third kappa shape index (κ3) is 8.63. The molecule has 5 aromatic carbocycles. The van der Waals surface area contributed by atoms with E-state index in [1.165, 1.54) is 77.9 Å². The number of fused-ring (bicyclic) bond motifs is 7. The zero-order valence-electron chi connectivity index (χ0n) is 39.7. The first-order chi connectivity index (χ1) is 31.5. The molecule has 4 aliphatic carbocycles. The van der Waals surface area contributed by atoms with E-state index in [0.29, 0.717) is 11.8 Å². The van der Waals surface area contributed by atoms with Crippen molar-refractivity contribution in [1.82, 2.24) is 0 Å². The standard InChI is InChI=1S/C58H56.C7H8/c1-9-20-43(25-18-22-42(10-2)36-54-41(6)49-30-17-21-40(5)56(49)57(54,7)8)45-26-19-27-46(37-45)47-33-34-51-50-29-14-16-32-53(50)58(55(51)38-47)48(35-39(3)4)28-13-11-23-44-24-12-15-31-52(44)58;1-7-5-3-2-4-6-7/h9-20,22-40H,2,21H2,1,3-8H3;2-6H,1H3/b20-9+,22-18-,23-11-,28-13-,42-36+,43-25+,48-35-;. The van der Waals surface area contributed by atoms with Crippen molar-refractivity contribution in [3.05, 3.63) is 274 Å². The summed E-state index contributed by atoms with van der Waals surface area (Å²) in [7, 11) is 0. The maximum atomic E-state index is 4.21. The van der Waals surface area contributed by atoms with Gasteiger partial charge in [0.25, 0.3) is 0 Å². The van der Waals surface area contributed by atoms with Gasteiger partial charge in [0.15, 0.2) is 0 Å². The van der Waals surface area contributed by atoms with Crippen LogP contribution in [0.5, 0.6) is 0 Å². The number of hydrogen-bond donors (Lipinski definition) is 0. The van der Waals surface area contributed by atoms with Crippen molar-refractivity contribution in [1.29, 1.82) is 0 Å². The number of benzene rings is 5. The normalized spacial score (nSPS) is 21.2. The summed E-state index contributed by atoms with van der Waals surface area (Å²) in [5, 5.41) is 0. The second-order valence-electron chi connectivity index (χ2n) is 18.8. The summed E-state index contributed by atoms with van der Waals surface area (Å²) in [6.07, 6.45) is 32.5. The van der Waals surface area contributed by atoms with E-state index < -0.39 is 5.41 Å². The second-order valence-corrected chi connectivity index (χ2v) is 18.8. The second kappa shape index (κ2) is 19.1. The Labute approximate surface area is 390 Å². The molecule has 0 bridgehead atoms. The van der Waals surface area contributed by atoms with Crippen LogP contribution < -0.4 is 0 Å². The summed E-state index contributed by atoms with van der Waals surface area (Å²) in [6.45, 7) is 22.4. The van der Waals surface area contributed by atoms with Crippen molar-refractivity contribution in [2.24, 2.45) is 17.3 Å². The molecule has 0 saturated heterocycles. The molecule has 0 heterocycles. The summed E-state index contributed by atoms with van der Waals surface area (Å²) < 4.78 is 0. The molecule has 0 nitrogen and oxygen atoms in total. The molecule has 4 aliphatic rings. The summed E-state index contributed by atoms with van der Waals surface area (Å²) in [4.78, 5) is 0. The van der Waals surface area contributed by atoms with Crippen LogP contribution in [0.25, 0.3) is 33.9 Å². The fraction of sp³-hybridized carbons (Fsp3) is 0.200. The lowest BCUT2D eigenvalue weighted by Gasteiger charge is -2.37. The Kier molecular flexibility index (Phi) is 13.2. The first-order valence-electron chi connectivity index (χ1n) is 23.5. The van der Waals surface area contributed by atoms with Crippen molar-refractivity contribution in [3.63, 3.8) is 0 Å². The highest BCUT2D eigenvalue weighted by atomic mass is 14.5. The van der Waals surface area contributed by atoms with E-state index >= 15 is 0 Å². The average Bonchev–Trinajstić information content (AvgIpc) is 3.71. The highest BCUT2D eigenvalue weighted by Crippen LogP contribution is 2.59. The first-order valence-corrected chi connectivity index (χ1v) is 23.5. The van der Waals surface area contributed by atoms with Gasteiger partial charge in [0.05, 0.1) is 5.41 Å². The summed E-state index contributed by atoms with van der Waals surface area (Å²) in [5.41, 5.74) is 21.7. The number of rotatable bonds is 8. The van der Waals surface area contributed by atoms with Gasteiger partial charge in [-0.3, -0.25) is 0 Å². The van der Waals surface area contributed by atoms with Crippen LogP contribution in [0.2, 0.25) is 0 Å². The van der Waals surface area contributed by atoms with Gasteiger partial charge < -0.3 is 0 Å². The highest BCUT2D eigenvalue weighted by molar-refractivity contribution is 5.90. The summed E-state index contributed by atoms with van der Waals surface area (Å²) >= 11 is 0. The highest BCUT2D eigenvalue weighted by Gasteiger charge is 2.48. The lowest BCUT2D eigenvalue weighted by molar-refractivity contribution is 0.475. The molecule has 0 aliphatic heterocycles. The smallest absolute Gasteiger partial charge is 0.0716 e. The van der Waals surface area contributed by atoms with Gasteiger partial charge in [-0.05, 0) is 140 Å². The van der Waals surface area contributed by atoms with E-state index in [4.69, 9.17) is 0 Å². The van der Waals surface area contributed by atoms with Crippen LogP contribution in [0.3, 0.4) is 0 Å². The van der Waals surface area contributed by atoms with Gasteiger partial charge in [0.2, 0.25) is 0 Å². The molecule has 65 heavy (non-hydrogen) atoms. The molecule has 0 aromatic heterocycles. The van der Waals surface area contributed by atoms with Gasteiger partial charge in [0.1, 0.15) is 0 Å². The Morgan fingerprint density at radius 2 is 1.43 bits per heavy atom. The Morgan fingerprint density at radius 1 is 0.723 bits per heavy atom. The maximum absolute atomic E-state index is 4.21. The van der Waals surface area contributed by atoms with Crippen molar-refractivity contribution in [2.45, 2.75) is 67.2 Å². The minimum absolute atomic E-state index is 0.00298. The fourth-order valence-corrected chi connectivity index (χ4v) is 10.8. The third-order valence-corrected chi connectivity index (χ3v) is 13.7. The number of allylic oxidation sites excluding steroid dienone is 20. The molecule has 2 unspecified atom stereocenters. The van der Waals surface area contributed by atoms with Crippen molar-refractivity contribution in [2.75, 3.05) is 0 Å². The average molecular weight is 845 g/mol. The van der Waals surface area contributed by atoms with Crippen LogP contribution in [0.15, 0.2) is 240 Å². The third-order valence-electron chi connectivity index (χ3n) is 13.7. The molecule has 9 rings (SSSR count). The summed E-state index contributed by atoms with van der Waals surface area (Å²) in [6, 6.07) is 44.5. The molecule has 0 amide bonds. The van der Waals surface area contributed by atoms with Crippen LogP contribution in [-0.2, 0) is 5.41 Å². The Balaban J connectivity index is 0.000000753. The molecule has 0 heteroatoms. The zero-order valence-corrected chi connectivity index (χ0v) is 39.7. The predicted molar refractivity (Wildman–Crippen MR) is 283 cm³/mol. The minimum atomic E-state index is -0.453. The van der Waals surface area contributed by atoms with Crippen molar-refractivity contribution < 1.29 is 0 Å².